The third-order valence-electron chi connectivity index (χ3n) is 1.97. The lowest BCUT2D eigenvalue weighted by atomic mass is 10.2. The van der Waals surface area contributed by atoms with E-state index in [1.165, 1.54) is 18.2 Å². The molecule has 6 nitrogen and oxygen atoms in total. The van der Waals surface area contributed by atoms with Crippen molar-refractivity contribution < 1.29 is 18.3 Å². The number of hydrogen-bond donors (Lipinski definition) is 3. The van der Waals surface area contributed by atoms with Crippen molar-refractivity contribution in [3.63, 3.8) is 0 Å². The highest BCUT2D eigenvalue weighted by Gasteiger charge is 2.16. The van der Waals surface area contributed by atoms with Crippen LogP contribution < -0.4 is 10.5 Å². The monoisotopic (exact) mass is 256 g/mol. The third kappa shape index (κ3) is 3.30. The summed E-state index contributed by atoms with van der Waals surface area (Å²) in [6.07, 6.45) is 1.54. The minimum Gasteiger partial charge on any atom is -0.478 e. The van der Waals surface area contributed by atoms with Gasteiger partial charge in [0, 0.05) is 6.54 Å². The zero-order valence-corrected chi connectivity index (χ0v) is 9.70. The van der Waals surface area contributed by atoms with Gasteiger partial charge in [-0.2, -0.15) is 0 Å². The molecule has 0 saturated carbocycles. The SMILES string of the molecule is C=CCNc1ccc(C(=O)O)cc1S(N)(=O)=O. The first-order valence-corrected chi connectivity index (χ1v) is 6.16. The van der Waals surface area contributed by atoms with Crippen LogP contribution in [0.5, 0.6) is 0 Å². The molecule has 0 aliphatic carbocycles. The molecule has 0 unspecified atom stereocenters. The second kappa shape index (κ2) is 4.98. The minimum absolute atomic E-state index is 0.141. The predicted molar refractivity (Wildman–Crippen MR) is 63.5 cm³/mol. The summed E-state index contributed by atoms with van der Waals surface area (Å²) in [4.78, 5) is 10.5. The molecule has 1 aromatic carbocycles. The highest BCUT2D eigenvalue weighted by atomic mass is 32.2. The number of primary sulfonamides is 1. The van der Waals surface area contributed by atoms with Crippen molar-refractivity contribution in [1.82, 2.24) is 0 Å². The van der Waals surface area contributed by atoms with Crippen LogP contribution in [0.15, 0.2) is 35.7 Å². The maximum absolute atomic E-state index is 11.3. The topological polar surface area (TPSA) is 109 Å². The van der Waals surface area contributed by atoms with Crippen molar-refractivity contribution in [2.24, 2.45) is 5.14 Å². The van der Waals surface area contributed by atoms with Crippen molar-refractivity contribution in [2.75, 3.05) is 11.9 Å². The summed E-state index contributed by atoms with van der Waals surface area (Å²) in [6, 6.07) is 3.66. The first kappa shape index (κ1) is 13.2. The highest BCUT2D eigenvalue weighted by Crippen LogP contribution is 2.21. The van der Waals surface area contributed by atoms with E-state index in [4.69, 9.17) is 10.2 Å². The molecule has 0 bridgehead atoms. The van der Waals surface area contributed by atoms with E-state index in [0.29, 0.717) is 6.54 Å². The fourth-order valence-electron chi connectivity index (χ4n) is 1.22. The summed E-state index contributed by atoms with van der Waals surface area (Å²) >= 11 is 0. The number of sulfonamides is 1. The number of benzene rings is 1. The molecule has 0 amide bonds. The summed E-state index contributed by atoms with van der Waals surface area (Å²) in [5.74, 6) is -1.22. The van der Waals surface area contributed by atoms with Gasteiger partial charge in [0.15, 0.2) is 0 Å². The molecule has 0 aromatic heterocycles. The predicted octanol–water partition coefficient (Wildman–Crippen LogP) is 0.630. The van der Waals surface area contributed by atoms with E-state index < -0.39 is 16.0 Å². The molecule has 4 N–H and O–H groups in total. The van der Waals surface area contributed by atoms with Gasteiger partial charge in [0.1, 0.15) is 4.90 Å². The number of anilines is 1. The number of rotatable bonds is 5. The van der Waals surface area contributed by atoms with Gasteiger partial charge in [0.2, 0.25) is 10.0 Å². The van der Waals surface area contributed by atoms with Crippen molar-refractivity contribution in [2.45, 2.75) is 4.90 Å². The number of nitrogens with two attached hydrogens (primary N) is 1. The Balaban J connectivity index is 3.31. The molecule has 0 saturated heterocycles. The molecule has 0 fully saturated rings. The molecule has 17 heavy (non-hydrogen) atoms. The molecule has 0 heterocycles. The molecular weight excluding hydrogens is 244 g/mol. The first-order chi connectivity index (χ1) is 7.86. The number of carbonyl (C=O) groups is 1. The molecule has 0 radical (unpaired) electrons. The van der Waals surface area contributed by atoms with Crippen molar-refractivity contribution in [3.8, 4) is 0 Å². The van der Waals surface area contributed by atoms with Gasteiger partial charge in [-0.1, -0.05) is 6.08 Å². The first-order valence-electron chi connectivity index (χ1n) is 4.61. The average molecular weight is 256 g/mol. The van der Waals surface area contributed by atoms with Crippen molar-refractivity contribution in [1.29, 1.82) is 0 Å². The van der Waals surface area contributed by atoms with Crippen LogP contribution in [0.25, 0.3) is 0 Å². The summed E-state index contributed by atoms with van der Waals surface area (Å²) in [6.45, 7) is 3.82. The Morgan fingerprint density at radius 1 is 1.53 bits per heavy atom. The van der Waals surface area contributed by atoms with Crippen LogP contribution in [0, 0.1) is 0 Å². The van der Waals surface area contributed by atoms with Crippen LogP contribution in [0.2, 0.25) is 0 Å². The average Bonchev–Trinajstić information content (AvgIpc) is 2.24. The van der Waals surface area contributed by atoms with Gasteiger partial charge in [0.25, 0.3) is 0 Å². The quantitative estimate of drug-likeness (QED) is 0.669. The minimum atomic E-state index is -3.98. The molecule has 92 valence electrons. The van der Waals surface area contributed by atoms with Gasteiger partial charge in [-0.3, -0.25) is 0 Å². The van der Waals surface area contributed by atoms with E-state index in [1.54, 1.807) is 0 Å². The van der Waals surface area contributed by atoms with Gasteiger partial charge in [-0.25, -0.2) is 18.4 Å². The van der Waals surface area contributed by atoms with E-state index in [0.717, 1.165) is 6.07 Å². The Bertz CT molecular complexity index is 551. The third-order valence-corrected chi connectivity index (χ3v) is 2.92. The van der Waals surface area contributed by atoms with E-state index in [2.05, 4.69) is 11.9 Å². The Morgan fingerprint density at radius 3 is 2.65 bits per heavy atom. The summed E-state index contributed by atoms with van der Waals surface area (Å²) in [5.41, 5.74) is 0.107. The molecule has 0 spiro atoms. The second-order valence-corrected chi connectivity index (χ2v) is 4.76. The van der Waals surface area contributed by atoms with Crippen LogP contribution in [0.4, 0.5) is 5.69 Å². The molecule has 1 aromatic rings. The largest absolute Gasteiger partial charge is 0.478 e. The molecule has 1 rings (SSSR count). The van der Waals surface area contributed by atoms with Gasteiger partial charge in [-0.15, -0.1) is 6.58 Å². The number of hydrogen-bond acceptors (Lipinski definition) is 4. The van der Waals surface area contributed by atoms with Crippen LogP contribution in [-0.2, 0) is 10.0 Å². The molecule has 0 aliphatic heterocycles. The maximum Gasteiger partial charge on any atom is 0.335 e. The standard InChI is InChI=1S/C10H12N2O4S/c1-2-5-12-8-4-3-7(10(13)14)6-9(8)17(11,15)16/h2-4,6,12H,1,5H2,(H,13,14)(H2,11,15,16). The summed E-state index contributed by atoms with van der Waals surface area (Å²) in [7, 11) is -3.98. The smallest absolute Gasteiger partial charge is 0.335 e. The lowest BCUT2D eigenvalue weighted by molar-refractivity contribution is 0.0696. The Morgan fingerprint density at radius 2 is 2.18 bits per heavy atom. The van der Waals surface area contributed by atoms with Crippen LogP contribution in [0.1, 0.15) is 10.4 Å². The van der Waals surface area contributed by atoms with Crippen LogP contribution in [0.3, 0.4) is 0 Å². The molecular formula is C10H12N2O4S. The van der Waals surface area contributed by atoms with Crippen molar-refractivity contribution in [3.05, 3.63) is 36.4 Å². The van der Waals surface area contributed by atoms with E-state index >= 15 is 0 Å². The fourth-order valence-corrected chi connectivity index (χ4v) is 1.96. The lowest BCUT2D eigenvalue weighted by Gasteiger charge is -2.09. The van der Waals surface area contributed by atoms with Crippen LogP contribution in [-0.4, -0.2) is 26.0 Å². The number of nitrogens with one attached hydrogen (secondary N) is 1. The van der Waals surface area contributed by atoms with Gasteiger partial charge < -0.3 is 10.4 Å². The Labute approximate surface area is 98.8 Å². The Hall–Kier alpha value is -1.86. The maximum atomic E-state index is 11.3. The van der Waals surface area contributed by atoms with Crippen molar-refractivity contribution >= 4 is 21.7 Å². The Kier molecular flexibility index (Phi) is 3.87. The van der Waals surface area contributed by atoms with Gasteiger partial charge in [0.05, 0.1) is 11.3 Å². The van der Waals surface area contributed by atoms with Gasteiger partial charge in [-0.05, 0) is 18.2 Å². The van der Waals surface area contributed by atoms with Crippen LogP contribution >= 0.6 is 0 Å². The number of carboxylic acid groups (broad SMARTS) is 1. The zero-order chi connectivity index (χ0) is 13.1. The molecule has 0 atom stereocenters. The number of aromatic carboxylic acids is 1. The zero-order valence-electron chi connectivity index (χ0n) is 8.88. The summed E-state index contributed by atoms with van der Waals surface area (Å²) < 4.78 is 22.6. The second-order valence-electron chi connectivity index (χ2n) is 3.23. The highest BCUT2D eigenvalue weighted by molar-refractivity contribution is 7.89. The van der Waals surface area contributed by atoms with E-state index in [1.807, 2.05) is 0 Å². The number of carboxylic acids is 1. The van der Waals surface area contributed by atoms with Gasteiger partial charge >= 0.3 is 5.97 Å². The molecule has 7 heteroatoms. The normalized spacial score (nSPS) is 10.9. The lowest BCUT2D eigenvalue weighted by Crippen LogP contribution is -2.16. The summed E-state index contributed by atoms with van der Waals surface area (Å²) in [5, 5.41) is 16.5. The van der Waals surface area contributed by atoms with E-state index in [9.17, 15) is 13.2 Å². The van der Waals surface area contributed by atoms with E-state index in [-0.39, 0.29) is 16.1 Å². The fraction of sp³-hybridized carbons (Fsp3) is 0.100. The molecule has 0 aliphatic rings.